The molecule has 3 aromatic heterocycles. The highest BCUT2D eigenvalue weighted by Gasteiger charge is 2.18. The smallest absolute Gasteiger partial charge is 0.249 e. The molecule has 0 radical (unpaired) electrons. The Balaban J connectivity index is 1.99. The van der Waals surface area contributed by atoms with Crippen LogP contribution >= 0.6 is 0 Å². The summed E-state index contributed by atoms with van der Waals surface area (Å²) in [5.41, 5.74) is 1.84. The lowest BCUT2D eigenvalue weighted by Crippen LogP contribution is -2.14. The van der Waals surface area contributed by atoms with Crippen molar-refractivity contribution in [1.82, 2.24) is 24.7 Å². The summed E-state index contributed by atoms with van der Waals surface area (Å²) < 4.78 is 7.08. The SMILES string of the molecule is CC[C@H](Nc1cc(C(C)C)nc2ccnn12)c1nc(C)no1. The largest absolute Gasteiger partial charge is 0.358 e. The van der Waals surface area contributed by atoms with E-state index < -0.39 is 0 Å². The Bertz CT molecular complexity index is 775. The highest BCUT2D eigenvalue weighted by molar-refractivity contribution is 5.50. The van der Waals surface area contributed by atoms with Crippen molar-refractivity contribution in [3.63, 3.8) is 0 Å². The molecule has 0 saturated carbocycles. The number of aryl methyl sites for hydroxylation is 1. The molecule has 0 spiro atoms. The van der Waals surface area contributed by atoms with Crippen LogP contribution in [0.5, 0.6) is 0 Å². The van der Waals surface area contributed by atoms with Crippen molar-refractivity contribution in [3.8, 4) is 0 Å². The Morgan fingerprint density at radius 3 is 2.77 bits per heavy atom. The van der Waals surface area contributed by atoms with Gasteiger partial charge in [-0.05, 0) is 19.3 Å². The molecule has 22 heavy (non-hydrogen) atoms. The van der Waals surface area contributed by atoms with E-state index in [1.807, 2.05) is 19.1 Å². The summed E-state index contributed by atoms with van der Waals surface area (Å²) in [6, 6.07) is 3.86. The van der Waals surface area contributed by atoms with E-state index in [-0.39, 0.29) is 6.04 Å². The van der Waals surface area contributed by atoms with Crippen LogP contribution in [0.4, 0.5) is 5.82 Å². The Labute approximate surface area is 128 Å². The molecular formula is C15H20N6O. The van der Waals surface area contributed by atoms with Crippen LogP contribution in [0.2, 0.25) is 0 Å². The molecule has 0 fully saturated rings. The summed E-state index contributed by atoms with van der Waals surface area (Å²) in [5.74, 6) is 2.44. The highest BCUT2D eigenvalue weighted by atomic mass is 16.5. The number of rotatable bonds is 5. The lowest BCUT2D eigenvalue weighted by atomic mass is 10.1. The summed E-state index contributed by atoms with van der Waals surface area (Å²) in [4.78, 5) is 8.93. The van der Waals surface area contributed by atoms with Crippen molar-refractivity contribution in [2.75, 3.05) is 5.32 Å². The highest BCUT2D eigenvalue weighted by Crippen LogP contribution is 2.24. The molecule has 0 aliphatic heterocycles. The maximum absolute atomic E-state index is 5.29. The van der Waals surface area contributed by atoms with Crippen LogP contribution in [-0.4, -0.2) is 24.7 Å². The molecule has 0 unspecified atom stereocenters. The zero-order valence-corrected chi connectivity index (χ0v) is 13.2. The van der Waals surface area contributed by atoms with Crippen LogP contribution in [0.25, 0.3) is 5.65 Å². The molecule has 3 heterocycles. The first-order valence-corrected chi connectivity index (χ1v) is 7.50. The van der Waals surface area contributed by atoms with Gasteiger partial charge in [-0.15, -0.1) is 0 Å². The monoisotopic (exact) mass is 300 g/mol. The molecule has 1 atom stereocenters. The number of aromatic nitrogens is 5. The minimum atomic E-state index is -0.0592. The van der Waals surface area contributed by atoms with E-state index in [2.05, 4.69) is 46.3 Å². The Hall–Kier alpha value is -2.44. The van der Waals surface area contributed by atoms with Gasteiger partial charge in [0.2, 0.25) is 5.89 Å². The molecule has 1 N–H and O–H groups in total. The number of nitrogens with one attached hydrogen (secondary N) is 1. The maximum atomic E-state index is 5.29. The van der Waals surface area contributed by atoms with Crippen LogP contribution in [0.1, 0.15) is 56.6 Å². The summed E-state index contributed by atoms with van der Waals surface area (Å²) in [7, 11) is 0. The fourth-order valence-corrected chi connectivity index (χ4v) is 2.30. The minimum Gasteiger partial charge on any atom is -0.358 e. The predicted molar refractivity (Wildman–Crippen MR) is 82.8 cm³/mol. The third-order valence-corrected chi connectivity index (χ3v) is 3.54. The van der Waals surface area contributed by atoms with Crippen molar-refractivity contribution < 1.29 is 4.52 Å². The van der Waals surface area contributed by atoms with Gasteiger partial charge in [0.05, 0.1) is 6.20 Å². The molecule has 116 valence electrons. The fraction of sp³-hybridized carbons (Fsp3) is 0.467. The molecule has 0 saturated heterocycles. The fourth-order valence-electron chi connectivity index (χ4n) is 2.30. The molecule has 0 amide bonds. The molecule has 0 aliphatic carbocycles. The molecule has 0 aliphatic rings. The van der Waals surface area contributed by atoms with Gasteiger partial charge in [0.15, 0.2) is 11.5 Å². The average molecular weight is 300 g/mol. The van der Waals surface area contributed by atoms with E-state index >= 15 is 0 Å². The van der Waals surface area contributed by atoms with Crippen molar-refractivity contribution in [1.29, 1.82) is 0 Å². The van der Waals surface area contributed by atoms with Crippen molar-refractivity contribution in [2.45, 2.75) is 46.1 Å². The van der Waals surface area contributed by atoms with Crippen LogP contribution in [0.3, 0.4) is 0 Å². The van der Waals surface area contributed by atoms with Gasteiger partial charge in [0.25, 0.3) is 0 Å². The summed E-state index contributed by atoms with van der Waals surface area (Å²) in [6.07, 6.45) is 2.57. The van der Waals surface area contributed by atoms with Gasteiger partial charge < -0.3 is 9.84 Å². The predicted octanol–water partition coefficient (Wildman–Crippen LogP) is 3.11. The number of fused-ring (bicyclic) bond motifs is 1. The first kappa shape index (κ1) is 14.5. The topological polar surface area (TPSA) is 81.1 Å². The normalized spacial score (nSPS) is 13.0. The van der Waals surface area contributed by atoms with E-state index in [1.165, 1.54) is 0 Å². The quantitative estimate of drug-likeness (QED) is 0.779. The second kappa shape index (κ2) is 5.75. The second-order valence-electron chi connectivity index (χ2n) is 5.61. The number of hydrogen-bond donors (Lipinski definition) is 1. The van der Waals surface area contributed by atoms with E-state index in [4.69, 9.17) is 4.52 Å². The maximum Gasteiger partial charge on any atom is 0.249 e. The van der Waals surface area contributed by atoms with Crippen molar-refractivity contribution >= 4 is 11.5 Å². The Morgan fingerprint density at radius 2 is 2.14 bits per heavy atom. The summed E-state index contributed by atoms with van der Waals surface area (Å²) in [5, 5.41) is 11.6. The number of nitrogens with zero attached hydrogens (tertiary/aromatic N) is 5. The zero-order valence-electron chi connectivity index (χ0n) is 13.2. The van der Waals surface area contributed by atoms with E-state index in [0.29, 0.717) is 17.6 Å². The van der Waals surface area contributed by atoms with Gasteiger partial charge in [0.1, 0.15) is 11.9 Å². The first-order valence-electron chi connectivity index (χ1n) is 7.50. The van der Waals surface area contributed by atoms with Gasteiger partial charge >= 0.3 is 0 Å². The van der Waals surface area contributed by atoms with Crippen molar-refractivity contribution in [3.05, 3.63) is 35.7 Å². The zero-order chi connectivity index (χ0) is 15.7. The Morgan fingerprint density at radius 1 is 1.32 bits per heavy atom. The number of hydrogen-bond acceptors (Lipinski definition) is 6. The van der Waals surface area contributed by atoms with Crippen LogP contribution < -0.4 is 5.32 Å². The van der Waals surface area contributed by atoms with Gasteiger partial charge in [-0.3, -0.25) is 0 Å². The summed E-state index contributed by atoms with van der Waals surface area (Å²) in [6.45, 7) is 8.13. The molecule has 0 aromatic carbocycles. The standard InChI is InChI=1S/C15H20N6O/c1-5-11(15-17-10(4)20-22-15)18-14-8-12(9(2)3)19-13-6-7-16-21(13)14/h6-9,11,18H,5H2,1-4H3/t11-/m0/s1. The Kier molecular flexibility index (Phi) is 3.79. The molecule has 3 aromatic rings. The minimum absolute atomic E-state index is 0.0592. The van der Waals surface area contributed by atoms with E-state index in [0.717, 1.165) is 23.6 Å². The number of anilines is 1. The molecule has 7 heteroatoms. The van der Waals surface area contributed by atoms with Gasteiger partial charge in [-0.25, -0.2) is 4.98 Å². The lowest BCUT2D eigenvalue weighted by Gasteiger charge is -2.16. The van der Waals surface area contributed by atoms with Crippen LogP contribution in [0.15, 0.2) is 22.9 Å². The summed E-state index contributed by atoms with van der Waals surface area (Å²) >= 11 is 0. The third-order valence-electron chi connectivity index (χ3n) is 3.54. The molecule has 7 nitrogen and oxygen atoms in total. The van der Waals surface area contributed by atoms with Crippen LogP contribution in [0, 0.1) is 6.92 Å². The first-order chi connectivity index (χ1) is 10.6. The van der Waals surface area contributed by atoms with Gasteiger partial charge in [-0.2, -0.15) is 14.6 Å². The second-order valence-corrected chi connectivity index (χ2v) is 5.61. The molecule has 3 rings (SSSR count). The van der Waals surface area contributed by atoms with Gasteiger partial charge in [0, 0.05) is 17.8 Å². The van der Waals surface area contributed by atoms with E-state index in [9.17, 15) is 0 Å². The molecular weight excluding hydrogens is 280 g/mol. The van der Waals surface area contributed by atoms with Gasteiger partial charge in [-0.1, -0.05) is 25.9 Å². The molecule has 0 bridgehead atoms. The third kappa shape index (κ3) is 2.66. The van der Waals surface area contributed by atoms with Crippen LogP contribution in [-0.2, 0) is 0 Å². The van der Waals surface area contributed by atoms with E-state index in [1.54, 1.807) is 10.7 Å². The van der Waals surface area contributed by atoms with Crippen molar-refractivity contribution in [2.24, 2.45) is 0 Å². The average Bonchev–Trinajstić information content (AvgIpc) is 3.12. The lowest BCUT2D eigenvalue weighted by molar-refractivity contribution is 0.356.